The van der Waals surface area contributed by atoms with Gasteiger partial charge in [-0.3, -0.25) is 0 Å². The maximum atomic E-state index is 10.7. The molecule has 0 bridgehead atoms. The van der Waals surface area contributed by atoms with Crippen LogP contribution in [-0.2, 0) is 0 Å². The lowest BCUT2D eigenvalue weighted by Gasteiger charge is -2.32. The van der Waals surface area contributed by atoms with Crippen molar-refractivity contribution in [3.05, 3.63) is 28.2 Å². The van der Waals surface area contributed by atoms with E-state index in [1.807, 2.05) is 0 Å². The van der Waals surface area contributed by atoms with Crippen molar-refractivity contribution >= 4 is 21.6 Å². The van der Waals surface area contributed by atoms with Gasteiger partial charge in [-0.1, -0.05) is 41.8 Å². The molecule has 0 spiro atoms. The third-order valence-corrected chi connectivity index (χ3v) is 4.94. The van der Waals surface area contributed by atoms with E-state index in [0.717, 1.165) is 36.7 Å². The van der Waals surface area contributed by atoms with Crippen LogP contribution in [0.5, 0.6) is 0 Å². The van der Waals surface area contributed by atoms with Crippen LogP contribution in [0.2, 0.25) is 0 Å². The van der Waals surface area contributed by atoms with Crippen LogP contribution in [0.15, 0.2) is 22.7 Å². The summed E-state index contributed by atoms with van der Waals surface area (Å²) in [4.78, 5) is 2.21. The van der Waals surface area contributed by atoms with E-state index in [1.54, 1.807) is 0 Å². The lowest BCUT2D eigenvalue weighted by molar-refractivity contribution is 0.0559. The highest BCUT2D eigenvalue weighted by Crippen LogP contribution is 2.34. The van der Waals surface area contributed by atoms with Gasteiger partial charge in [0, 0.05) is 29.8 Å². The number of hydrogen-bond donors (Lipinski definition) is 2. The van der Waals surface area contributed by atoms with E-state index in [-0.39, 0.29) is 0 Å². The summed E-state index contributed by atoms with van der Waals surface area (Å²) in [6, 6.07) is 6.72. The summed E-state index contributed by atoms with van der Waals surface area (Å²) in [5.74, 6) is 0. The minimum absolute atomic E-state index is 0.304. The Morgan fingerprint density at radius 3 is 2.67 bits per heavy atom. The monoisotopic (exact) mass is 354 g/mol. The Morgan fingerprint density at radius 1 is 1.38 bits per heavy atom. The molecule has 0 saturated heterocycles. The minimum atomic E-state index is -0.518. The van der Waals surface area contributed by atoms with E-state index < -0.39 is 5.60 Å². The van der Waals surface area contributed by atoms with Gasteiger partial charge in [-0.15, -0.1) is 0 Å². The van der Waals surface area contributed by atoms with Crippen LogP contribution in [0, 0.1) is 0 Å². The van der Waals surface area contributed by atoms with Crippen LogP contribution in [0.4, 0.5) is 5.69 Å². The van der Waals surface area contributed by atoms with Crippen molar-refractivity contribution in [2.24, 2.45) is 0 Å². The first-order valence-corrected chi connectivity index (χ1v) is 8.71. The molecule has 1 aromatic carbocycles. The number of hydrogen-bond acceptors (Lipinski definition) is 3. The third kappa shape index (κ3) is 4.21. The van der Waals surface area contributed by atoms with Gasteiger partial charge in [-0.25, -0.2) is 0 Å². The summed E-state index contributed by atoms with van der Waals surface area (Å²) < 4.78 is 1.08. The zero-order valence-electron chi connectivity index (χ0n) is 13.3. The molecule has 3 nitrogen and oxygen atoms in total. The number of halogens is 1. The summed E-state index contributed by atoms with van der Waals surface area (Å²) in [5, 5.41) is 14.1. The van der Waals surface area contributed by atoms with Crippen molar-refractivity contribution in [1.29, 1.82) is 0 Å². The van der Waals surface area contributed by atoms with Crippen molar-refractivity contribution < 1.29 is 5.11 Å². The Balaban J connectivity index is 2.22. The average molecular weight is 355 g/mol. The van der Waals surface area contributed by atoms with E-state index in [2.05, 4.69) is 65.2 Å². The van der Waals surface area contributed by atoms with Gasteiger partial charge >= 0.3 is 0 Å². The van der Waals surface area contributed by atoms with Gasteiger partial charge in [0.15, 0.2) is 0 Å². The number of anilines is 1. The van der Waals surface area contributed by atoms with E-state index in [1.165, 1.54) is 11.3 Å². The molecule has 2 N–H and O–H groups in total. The number of aliphatic hydroxyl groups is 1. The fourth-order valence-corrected chi connectivity index (χ4v) is 3.70. The summed E-state index contributed by atoms with van der Waals surface area (Å²) >= 11 is 3.57. The predicted molar refractivity (Wildman–Crippen MR) is 92.9 cm³/mol. The predicted octanol–water partition coefficient (Wildman–Crippen LogP) is 3.86. The fraction of sp³-hybridized carbons (Fsp3) is 0.647. The summed E-state index contributed by atoms with van der Waals surface area (Å²) in [7, 11) is 2.08. The topological polar surface area (TPSA) is 35.5 Å². The highest BCUT2D eigenvalue weighted by atomic mass is 79.9. The van der Waals surface area contributed by atoms with Crippen molar-refractivity contribution in [2.75, 3.05) is 25.0 Å². The standard InChI is InChI=1S/C17H27BrN2O/c1-4-19-13(2)15-8-7-14(18)11-16(15)20(3)12-17(21)9-5-6-10-17/h7-8,11,13,19,21H,4-6,9-10,12H2,1-3H3. The number of nitrogens with zero attached hydrogens (tertiary/aromatic N) is 1. The Morgan fingerprint density at radius 2 is 2.05 bits per heavy atom. The van der Waals surface area contributed by atoms with Crippen LogP contribution >= 0.6 is 15.9 Å². The molecular weight excluding hydrogens is 328 g/mol. The molecule has 0 aliphatic heterocycles. The molecule has 0 heterocycles. The lowest BCUT2D eigenvalue weighted by atomic mass is 10.00. The molecule has 0 aromatic heterocycles. The van der Waals surface area contributed by atoms with Gasteiger partial charge in [0.1, 0.15) is 0 Å². The first-order chi connectivity index (χ1) is 9.95. The molecule has 118 valence electrons. The average Bonchev–Trinajstić information content (AvgIpc) is 2.85. The number of benzene rings is 1. The molecular formula is C17H27BrN2O. The van der Waals surface area contributed by atoms with Crippen LogP contribution in [0.1, 0.15) is 51.1 Å². The molecule has 2 rings (SSSR count). The third-order valence-electron chi connectivity index (χ3n) is 4.45. The van der Waals surface area contributed by atoms with Crippen molar-refractivity contribution in [2.45, 2.75) is 51.2 Å². The molecule has 1 saturated carbocycles. The first-order valence-electron chi connectivity index (χ1n) is 7.91. The SMILES string of the molecule is CCNC(C)c1ccc(Br)cc1N(C)CC1(O)CCCC1. The number of nitrogens with one attached hydrogen (secondary N) is 1. The van der Waals surface area contributed by atoms with Crippen LogP contribution in [0.3, 0.4) is 0 Å². The summed E-state index contributed by atoms with van der Waals surface area (Å²) in [5.41, 5.74) is 1.96. The first kappa shape index (κ1) is 16.8. The second-order valence-corrected chi connectivity index (χ2v) is 7.19. The van der Waals surface area contributed by atoms with Crippen molar-refractivity contribution in [3.8, 4) is 0 Å². The number of likely N-dealkylation sites (N-methyl/N-ethyl adjacent to an activating group) is 1. The molecule has 21 heavy (non-hydrogen) atoms. The van der Waals surface area contributed by atoms with Gasteiger partial charge in [0.2, 0.25) is 0 Å². The Bertz CT molecular complexity index is 472. The van der Waals surface area contributed by atoms with Crippen molar-refractivity contribution in [1.82, 2.24) is 5.32 Å². The molecule has 1 aromatic rings. The van der Waals surface area contributed by atoms with Gasteiger partial charge in [0.05, 0.1) is 5.60 Å². The number of rotatable bonds is 6. The maximum Gasteiger partial charge on any atom is 0.0821 e. The van der Waals surface area contributed by atoms with Gasteiger partial charge in [-0.2, -0.15) is 0 Å². The second kappa shape index (κ2) is 7.12. The zero-order valence-corrected chi connectivity index (χ0v) is 14.9. The Kier molecular flexibility index (Phi) is 5.69. The normalized spacial score (nSPS) is 18.7. The second-order valence-electron chi connectivity index (χ2n) is 6.27. The summed E-state index contributed by atoms with van der Waals surface area (Å²) in [6.07, 6.45) is 4.12. The molecule has 1 aliphatic carbocycles. The lowest BCUT2D eigenvalue weighted by Crippen LogP contribution is -2.39. The molecule has 0 amide bonds. The molecule has 1 aliphatic rings. The van der Waals surface area contributed by atoms with E-state index in [9.17, 15) is 5.11 Å². The Hall–Kier alpha value is -0.580. The highest BCUT2D eigenvalue weighted by Gasteiger charge is 2.32. The van der Waals surface area contributed by atoms with Crippen LogP contribution in [-0.4, -0.2) is 30.8 Å². The van der Waals surface area contributed by atoms with Gasteiger partial charge in [0.25, 0.3) is 0 Å². The summed E-state index contributed by atoms with van der Waals surface area (Å²) in [6.45, 7) is 5.97. The van der Waals surface area contributed by atoms with E-state index in [4.69, 9.17) is 0 Å². The van der Waals surface area contributed by atoms with E-state index >= 15 is 0 Å². The van der Waals surface area contributed by atoms with Crippen LogP contribution < -0.4 is 10.2 Å². The van der Waals surface area contributed by atoms with E-state index in [0.29, 0.717) is 12.6 Å². The van der Waals surface area contributed by atoms with Gasteiger partial charge < -0.3 is 15.3 Å². The molecule has 4 heteroatoms. The maximum absolute atomic E-state index is 10.7. The fourth-order valence-electron chi connectivity index (χ4n) is 3.35. The van der Waals surface area contributed by atoms with Gasteiger partial charge in [-0.05, 0) is 44.0 Å². The van der Waals surface area contributed by atoms with Crippen LogP contribution in [0.25, 0.3) is 0 Å². The molecule has 1 unspecified atom stereocenters. The quantitative estimate of drug-likeness (QED) is 0.813. The largest absolute Gasteiger partial charge is 0.388 e. The molecule has 1 atom stereocenters. The highest BCUT2D eigenvalue weighted by molar-refractivity contribution is 9.10. The van der Waals surface area contributed by atoms with Crippen molar-refractivity contribution in [3.63, 3.8) is 0 Å². The molecule has 1 fully saturated rings. The Labute approximate surface area is 136 Å². The zero-order chi connectivity index (χ0) is 15.5. The molecule has 0 radical (unpaired) electrons. The smallest absolute Gasteiger partial charge is 0.0821 e. The minimum Gasteiger partial charge on any atom is -0.388 e.